The van der Waals surface area contributed by atoms with E-state index in [0.717, 1.165) is 30.6 Å². The number of likely N-dealkylation sites (tertiary alicyclic amines) is 1. The number of pyridine rings is 1. The molecule has 27 heavy (non-hydrogen) atoms. The minimum atomic E-state index is -0.367. The number of rotatable bonds is 3. The Bertz CT molecular complexity index is 830. The summed E-state index contributed by atoms with van der Waals surface area (Å²) in [5, 5.41) is 0. The van der Waals surface area contributed by atoms with Crippen molar-refractivity contribution in [1.29, 1.82) is 0 Å². The number of carbonyl (C=O) groups excluding carboxylic acids is 1. The van der Waals surface area contributed by atoms with E-state index in [0.29, 0.717) is 31.1 Å². The minimum Gasteiger partial charge on any atom is -0.493 e. The highest BCUT2D eigenvalue weighted by Crippen LogP contribution is 2.45. The van der Waals surface area contributed by atoms with Gasteiger partial charge in [0.15, 0.2) is 11.5 Å². The molecular weight excluding hydrogens is 344 g/mol. The lowest BCUT2D eigenvalue weighted by Gasteiger charge is -2.45. The van der Waals surface area contributed by atoms with E-state index in [4.69, 9.17) is 14.2 Å². The Morgan fingerprint density at radius 1 is 1.15 bits per heavy atom. The molecule has 0 bridgehead atoms. The Morgan fingerprint density at radius 2 is 1.89 bits per heavy atom. The van der Waals surface area contributed by atoms with E-state index >= 15 is 0 Å². The number of amides is 1. The molecule has 0 radical (unpaired) electrons. The van der Waals surface area contributed by atoms with E-state index in [-0.39, 0.29) is 11.5 Å². The highest BCUT2D eigenvalue weighted by atomic mass is 16.5. The first-order valence-corrected chi connectivity index (χ1v) is 9.26. The van der Waals surface area contributed by atoms with Gasteiger partial charge in [-0.05, 0) is 54.7 Å². The Hall–Kier alpha value is -2.60. The summed E-state index contributed by atoms with van der Waals surface area (Å²) in [6.45, 7) is 1.96. The van der Waals surface area contributed by atoms with E-state index < -0.39 is 0 Å². The van der Waals surface area contributed by atoms with Crippen LogP contribution in [-0.4, -0.2) is 49.7 Å². The molecule has 1 saturated heterocycles. The van der Waals surface area contributed by atoms with Crippen LogP contribution in [-0.2, 0) is 16.8 Å². The summed E-state index contributed by atoms with van der Waals surface area (Å²) in [5.41, 5.74) is 2.53. The molecule has 3 heterocycles. The average molecular weight is 368 g/mol. The summed E-state index contributed by atoms with van der Waals surface area (Å²) >= 11 is 0. The van der Waals surface area contributed by atoms with E-state index in [1.807, 2.05) is 23.1 Å². The first-order valence-electron chi connectivity index (χ1n) is 9.26. The number of carbonyl (C=O) groups is 1. The summed E-state index contributed by atoms with van der Waals surface area (Å²) in [6, 6.07) is 9.52. The second-order valence-corrected chi connectivity index (χ2v) is 6.96. The summed E-state index contributed by atoms with van der Waals surface area (Å²) in [6.07, 6.45) is 4.02. The molecule has 142 valence electrons. The lowest BCUT2D eigenvalue weighted by Crippen LogP contribution is -2.48. The zero-order chi connectivity index (χ0) is 18.9. The molecule has 0 atom stereocenters. The number of hydrogen-bond acceptors (Lipinski definition) is 5. The van der Waals surface area contributed by atoms with Crippen LogP contribution in [0.1, 0.15) is 34.5 Å². The fourth-order valence-electron chi connectivity index (χ4n) is 4.12. The van der Waals surface area contributed by atoms with Gasteiger partial charge in [-0.25, -0.2) is 0 Å². The monoisotopic (exact) mass is 368 g/mol. The maximum atomic E-state index is 12.7. The van der Waals surface area contributed by atoms with Crippen LogP contribution in [0.4, 0.5) is 0 Å². The van der Waals surface area contributed by atoms with Crippen LogP contribution in [0.5, 0.6) is 11.5 Å². The summed E-state index contributed by atoms with van der Waals surface area (Å²) < 4.78 is 17.2. The van der Waals surface area contributed by atoms with E-state index in [1.54, 1.807) is 26.5 Å². The van der Waals surface area contributed by atoms with Gasteiger partial charge in [0, 0.05) is 19.3 Å². The molecule has 1 spiro atoms. The Balaban J connectivity index is 1.58. The summed E-state index contributed by atoms with van der Waals surface area (Å²) in [5.74, 6) is 1.44. The Kier molecular flexibility index (Phi) is 4.74. The second kappa shape index (κ2) is 7.19. The zero-order valence-corrected chi connectivity index (χ0v) is 15.7. The number of fused-ring (bicyclic) bond motifs is 2. The van der Waals surface area contributed by atoms with Crippen molar-refractivity contribution in [3.05, 3.63) is 53.3 Å². The van der Waals surface area contributed by atoms with Crippen LogP contribution in [0, 0.1) is 0 Å². The van der Waals surface area contributed by atoms with Crippen molar-refractivity contribution >= 4 is 5.91 Å². The van der Waals surface area contributed by atoms with Gasteiger partial charge in [0.2, 0.25) is 0 Å². The van der Waals surface area contributed by atoms with E-state index in [9.17, 15) is 4.79 Å². The Labute approximate surface area is 159 Å². The molecule has 6 heteroatoms. The maximum absolute atomic E-state index is 12.7. The molecule has 1 amide bonds. The van der Waals surface area contributed by atoms with E-state index in [2.05, 4.69) is 11.1 Å². The first kappa shape index (κ1) is 17.8. The van der Waals surface area contributed by atoms with Gasteiger partial charge < -0.3 is 19.1 Å². The predicted octanol–water partition coefficient (Wildman–Crippen LogP) is 2.80. The zero-order valence-electron chi connectivity index (χ0n) is 15.7. The summed E-state index contributed by atoms with van der Waals surface area (Å²) in [7, 11) is 3.30. The third-order valence-corrected chi connectivity index (χ3v) is 5.59. The third-order valence-electron chi connectivity index (χ3n) is 5.59. The van der Waals surface area contributed by atoms with Crippen LogP contribution in [0.2, 0.25) is 0 Å². The van der Waals surface area contributed by atoms with E-state index in [1.165, 1.54) is 5.56 Å². The van der Waals surface area contributed by atoms with Gasteiger partial charge >= 0.3 is 0 Å². The van der Waals surface area contributed by atoms with Gasteiger partial charge in [-0.15, -0.1) is 0 Å². The normalized spacial score (nSPS) is 18.1. The topological polar surface area (TPSA) is 60.9 Å². The largest absolute Gasteiger partial charge is 0.493 e. The smallest absolute Gasteiger partial charge is 0.272 e. The fourth-order valence-corrected chi connectivity index (χ4v) is 4.12. The molecule has 1 fully saturated rings. The fraction of sp³-hybridized carbons (Fsp3) is 0.429. The first-order chi connectivity index (χ1) is 13.2. The lowest BCUT2D eigenvalue weighted by atomic mass is 9.79. The van der Waals surface area contributed by atoms with Crippen LogP contribution in [0.3, 0.4) is 0 Å². The molecule has 2 aromatic rings. The number of ether oxygens (including phenoxy) is 3. The number of benzene rings is 1. The van der Waals surface area contributed by atoms with Crippen molar-refractivity contribution in [2.45, 2.75) is 24.9 Å². The highest BCUT2D eigenvalue weighted by Gasteiger charge is 2.42. The molecule has 1 aromatic carbocycles. The quantitative estimate of drug-likeness (QED) is 0.834. The SMILES string of the molecule is COc1cc2c(cc1OC)C1(CCN(C(=O)c3ccccn3)CC1)OCC2. The van der Waals surface area contributed by atoms with Crippen molar-refractivity contribution in [2.24, 2.45) is 0 Å². The number of piperidine rings is 1. The number of hydrogen-bond donors (Lipinski definition) is 0. The number of methoxy groups -OCH3 is 2. The molecule has 6 nitrogen and oxygen atoms in total. The van der Waals surface area contributed by atoms with Crippen LogP contribution < -0.4 is 9.47 Å². The summed E-state index contributed by atoms with van der Waals surface area (Å²) in [4.78, 5) is 18.7. The van der Waals surface area contributed by atoms with Crippen LogP contribution >= 0.6 is 0 Å². The lowest BCUT2D eigenvalue weighted by molar-refractivity contribution is -0.0936. The van der Waals surface area contributed by atoms with Gasteiger partial charge in [-0.3, -0.25) is 9.78 Å². The third kappa shape index (κ3) is 3.14. The molecule has 2 aliphatic heterocycles. The molecule has 0 N–H and O–H groups in total. The van der Waals surface area contributed by atoms with Crippen molar-refractivity contribution in [1.82, 2.24) is 9.88 Å². The predicted molar refractivity (Wildman–Crippen MR) is 100 cm³/mol. The van der Waals surface area contributed by atoms with Crippen LogP contribution in [0.15, 0.2) is 36.5 Å². The Morgan fingerprint density at radius 3 is 2.56 bits per heavy atom. The van der Waals surface area contributed by atoms with Crippen molar-refractivity contribution in [3.8, 4) is 11.5 Å². The second-order valence-electron chi connectivity index (χ2n) is 6.96. The van der Waals surface area contributed by atoms with Gasteiger partial charge in [0.25, 0.3) is 5.91 Å². The standard InChI is InChI=1S/C21H24N2O4/c1-25-18-13-15-6-12-27-21(16(15)14-19(18)26-2)7-10-23(11-8-21)20(24)17-5-3-4-9-22-17/h3-5,9,13-14H,6-8,10-12H2,1-2H3. The molecule has 0 saturated carbocycles. The molecular formula is C21H24N2O4. The average Bonchev–Trinajstić information content (AvgIpc) is 2.74. The molecule has 0 aliphatic carbocycles. The minimum absolute atomic E-state index is 0.0196. The van der Waals surface area contributed by atoms with Gasteiger partial charge in [-0.2, -0.15) is 0 Å². The highest BCUT2D eigenvalue weighted by molar-refractivity contribution is 5.92. The van der Waals surface area contributed by atoms with Crippen molar-refractivity contribution in [2.75, 3.05) is 33.9 Å². The molecule has 1 aromatic heterocycles. The van der Waals surface area contributed by atoms with Gasteiger partial charge in [0.05, 0.1) is 26.4 Å². The van der Waals surface area contributed by atoms with Crippen LogP contribution in [0.25, 0.3) is 0 Å². The maximum Gasteiger partial charge on any atom is 0.272 e. The molecule has 0 unspecified atom stereocenters. The van der Waals surface area contributed by atoms with Crippen molar-refractivity contribution in [3.63, 3.8) is 0 Å². The molecule has 2 aliphatic rings. The molecule has 4 rings (SSSR count). The number of aromatic nitrogens is 1. The van der Waals surface area contributed by atoms with Crippen molar-refractivity contribution < 1.29 is 19.0 Å². The van der Waals surface area contributed by atoms with Gasteiger partial charge in [-0.1, -0.05) is 6.07 Å². The van der Waals surface area contributed by atoms with Gasteiger partial charge in [0.1, 0.15) is 5.69 Å². The number of nitrogens with zero attached hydrogens (tertiary/aromatic N) is 2.